The van der Waals surface area contributed by atoms with E-state index in [0.717, 1.165) is 28.2 Å². The van der Waals surface area contributed by atoms with Crippen LogP contribution >= 0.6 is 27.5 Å². The zero-order chi connectivity index (χ0) is 13.5. The number of benzene rings is 1. The predicted octanol–water partition coefficient (Wildman–Crippen LogP) is 3.07. The highest BCUT2D eigenvalue weighted by Gasteiger charge is 2.17. The molecular formula is C13H20BrClN2O. The Morgan fingerprint density at radius 2 is 2.22 bits per heavy atom. The number of halogens is 2. The molecule has 1 atom stereocenters. The molecule has 18 heavy (non-hydrogen) atoms. The number of likely N-dealkylation sites (N-methyl/N-ethyl adjacent to an activating group) is 1. The Labute approximate surface area is 122 Å². The van der Waals surface area contributed by atoms with Crippen LogP contribution in [0.5, 0.6) is 0 Å². The Morgan fingerprint density at radius 3 is 2.78 bits per heavy atom. The van der Waals surface area contributed by atoms with Crippen molar-refractivity contribution in [3.05, 3.63) is 33.3 Å². The second-order valence-electron chi connectivity index (χ2n) is 4.09. The third kappa shape index (κ3) is 4.52. The van der Waals surface area contributed by atoms with E-state index in [1.807, 2.05) is 25.1 Å². The summed E-state index contributed by atoms with van der Waals surface area (Å²) in [5.41, 5.74) is 7.03. The van der Waals surface area contributed by atoms with E-state index >= 15 is 0 Å². The van der Waals surface area contributed by atoms with Gasteiger partial charge in [-0.05, 0) is 31.7 Å². The first-order valence-electron chi connectivity index (χ1n) is 6.03. The van der Waals surface area contributed by atoms with Gasteiger partial charge >= 0.3 is 0 Å². The molecule has 3 nitrogen and oxygen atoms in total. The molecule has 0 amide bonds. The van der Waals surface area contributed by atoms with E-state index in [9.17, 15) is 0 Å². The molecule has 0 heterocycles. The first-order chi connectivity index (χ1) is 8.60. The van der Waals surface area contributed by atoms with E-state index in [2.05, 4.69) is 27.9 Å². The molecule has 0 saturated carbocycles. The zero-order valence-corrected chi connectivity index (χ0v) is 13.2. The fourth-order valence-corrected chi connectivity index (χ4v) is 2.77. The Hall–Kier alpha value is -0.130. The van der Waals surface area contributed by atoms with E-state index in [4.69, 9.17) is 22.1 Å². The lowest BCUT2D eigenvalue weighted by Crippen LogP contribution is -2.33. The number of hydrogen-bond donors (Lipinski definition) is 1. The molecule has 0 bridgehead atoms. The highest BCUT2D eigenvalue weighted by Crippen LogP contribution is 2.29. The van der Waals surface area contributed by atoms with Gasteiger partial charge in [-0.3, -0.25) is 4.90 Å². The van der Waals surface area contributed by atoms with Crippen LogP contribution in [0.25, 0.3) is 0 Å². The van der Waals surface area contributed by atoms with Crippen LogP contribution in [0.2, 0.25) is 5.02 Å². The molecule has 1 unspecified atom stereocenters. The minimum atomic E-state index is 0.164. The SMILES string of the molecule is CCOCCN(C)C(CN)c1ccc(Cl)cc1Br. The lowest BCUT2D eigenvalue weighted by atomic mass is 10.1. The average molecular weight is 336 g/mol. The predicted molar refractivity (Wildman–Crippen MR) is 80.1 cm³/mol. The Morgan fingerprint density at radius 1 is 1.50 bits per heavy atom. The lowest BCUT2D eigenvalue weighted by Gasteiger charge is -2.28. The lowest BCUT2D eigenvalue weighted by molar-refractivity contribution is 0.108. The summed E-state index contributed by atoms with van der Waals surface area (Å²) in [5.74, 6) is 0. The summed E-state index contributed by atoms with van der Waals surface area (Å²) in [5, 5.41) is 0.721. The molecule has 2 N–H and O–H groups in total. The van der Waals surface area contributed by atoms with Gasteiger partial charge < -0.3 is 10.5 Å². The third-order valence-electron chi connectivity index (χ3n) is 2.87. The summed E-state index contributed by atoms with van der Waals surface area (Å²) in [4.78, 5) is 2.20. The monoisotopic (exact) mass is 334 g/mol. The molecule has 0 aliphatic heterocycles. The second kappa shape index (κ2) is 8.12. The van der Waals surface area contributed by atoms with Crippen LogP contribution in [0.4, 0.5) is 0 Å². The maximum atomic E-state index is 5.95. The molecule has 1 rings (SSSR count). The van der Waals surface area contributed by atoms with Crippen molar-refractivity contribution < 1.29 is 4.74 Å². The molecule has 0 fully saturated rings. The molecule has 0 saturated heterocycles. The highest BCUT2D eigenvalue weighted by molar-refractivity contribution is 9.10. The van der Waals surface area contributed by atoms with Gasteiger partial charge in [-0.1, -0.05) is 33.6 Å². The van der Waals surface area contributed by atoms with Gasteiger partial charge in [0, 0.05) is 35.2 Å². The number of nitrogens with two attached hydrogens (primary N) is 1. The van der Waals surface area contributed by atoms with E-state index < -0.39 is 0 Å². The van der Waals surface area contributed by atoms with Crippen molar-refractivity contribution in [3.63, 3.8) is 0 Å². The summed E-state index contributed by atoms with van der Waals surface area (Å²) in [6, 6.07) is 5.97. The molecule has 0 spiro atoms. The first-order valence-corrected chi connectivity index (χ1v) is 7.20. The maximum Gasteiger partial charge on any atom is 0.0593 e. The van der Waals surface area contributed by atoms with Gasteiger partial charge in [-0.25, -0.2) is 0 Å². The second-order valence-corrected chi connectivity index (χ2v) is 5.39. The fraction of sp³-hybridized carbons (Fsp3) is 0.538. The van der Waals surface area contributed by atoms with E-state index in [1.54, 1.807) is 0 Å². The van der Waals surface area contributed by atoms with Crippen LogP contribution in [0.1, 0.15) is 18.5 Å². The summed E-state index contributed by atoms with van der Waals surface area (Å²) < 4.78 is 6.36. The van der Waals surface area contributed by atoms with Crippen molar-refractivity contribution in [2.45, 2.75) is 13.0 Å². The molecule has 0 aliphatic carbocycles. The first kappa shape index (κ1) is 15.9. The van der Waals surface area contributed by atoms with Gasteiger partial charge in [0.15, 0.2) is 0 Å². The minimum Gasteiger partial charge on any atom is -0.380 e. The van der Waals surface area contributed by atoms with Gasteiger partial charge in [0.1, 0.15) is 0 Å². The van der Waals surface area contributed by atoms with Gasteiger partial charge in [0.25, 0.3) is 0 Å². The summed E-state index contributed by atoms with van der Waals surface area (Å²) in [6.07, 6.45) is 0. The van der Waals surface area contributed by atoms with Crippen molar-refractivity contribution in [2.24, 2.45) is 5.73 Å². The smallest absolute Gasteiger partial charge is 0.0593 e. The number of hydrogen-bond acceptors (Lipinski definition) is 3. The Kier molecular flexibility index (Phi) is 7.19. The van der Waals surface area contributed by atoms with Crippen LogP contribution < -0.4 is 5.73 Å². The summed E-state index contributed by atoms with van der Waals surface area (Å²) in [7, 11) is 2.05. The van der Waals surface area contributed by atoms with Gasteiger partial charge in [0.05, 0.1) is 6.61 Å². The molecule has 102 valence electrons. The van der Waals surface area contributed by atoms with Crippen molar-refractivity contribution in [3.8, 4) is 0 Å². The van der Waals surface area contributed by atoms with Crippen LogP contribution in [0.15, 0.2) is 22.7 Å². The molecular weight excluding hydrogens is 316 g/mol. The van der Waals surface area contributed by atoms with E-state index in [0.29, 0.717) is 13.2 Å². The van der Waals surface area contributed by atoms with Crippen LogP contribution in [-0.2, 0) is 4.74 Å². The molecule has 0 aromatic heterocycles. The van der Waals surface area contributed by atoms with E-state index in [-0.39, 0.29) is 6.04 Å². The number of nitrogens with zero attached hydrogens (tertiary/aromatic N) is 1. The Balaban J connectivity index is 2.75. The van der Waals surface area contributed by atoms with E-state index in [1.165, 1.54) is 0 Å². The summed E-state index contributed by atoms with van der Waals surface area (Å²) in [6.45, 7) is 4.87. The molecule has 5 heteroatoms. The van der Waals surface area contributed by atoms with Gasteiger partial charge in [-0.15, -0.1) is 0 Å². The third-order valence-corrected chi connectivity index (χ3v) is 3.79. The number of ether oxygens (including phenoxy) is 1. The van der Waals surface area contributed by atoms with Crippen LogP contribution in [0, 0.1) is 0 Å². The Bertz CT molecular complexity index is 376. The minimum absolute atomic E-state index is 0.164. The molecule has 1 aromatic carbocycles. The fourth-order valence-electron chi connectivity index (χ4n) is 1.82. The standard InChI is InChI=1S/C13H20BrClN2O/c1-3-18-7-6-17(2)13(9-16)11-5-4-10(15)8-12(11)14/h4-5,8,13H,3,6-7,9,16H2,1-2H3. The van der Waals surface area contributed by atoms with Crippen molar-refractivity contribution in [2.75, 3.05) is 33.4 Å². The highest BCUT2D eigenvalue weighted by atomic mass is 79.9. The van der Waals surface area contributed by atoms with Crippen molar-refractivity contribution >= 4 is 27.5 Å². The molecule has 1 aromatic rings. The quantitative estimate of drug-likeness (QED) is 0.778. The number of rotatable bonds is 7. The maximum absolute atomic E-state index is 5.95. The average Bonchev–Trinajstić information content (AvgIpc) is 2.33. The van der Waals surface area contributed by atoms with Crippen molar-refractivity contribution in [1.29, 1.82) is 0 Å². The molecule has 0 aliphatic rings. The zero-order valence-electron chi connectivity index (χ0n) is 10.8. The largest absolute Gasteiger partial charge is 0.380 e. The van der Waals surface area contributed by atoms with Gasteiger partial charge in [0.2, 0.25) is 0 Å². The van der Waals surface area contributed by atoms with Gasteiger partial charge in [-0.2, -0.15) is 0 Å². The molecule has 0 radical (unpaired) electrons. The van der Waals surface area contributed by atoms with Crippen molar-refractivity contribution in [1.82, 2.24) is 4.90 Å². The normalized spacial score (nSPS) is 13.0. The van der Waals surface area contributed by atoms with Crippen LogP contribution in [0.3, 0.4) is 0 Å². The topological polar surface area (TPSA) is 38.5 Å². The summed E-state index contributed by atoms with van der Waals surface area (Å²) >= 11 is 9.49. The van der Waals surface area contributed by atoms with Crippen LogP contribution in [-0.4, -0.2) is 38.3 Å².